The van der Waals surface area contributed by atoms with Crippen LogP contribution in [0.1, 0.15) is 17.3 Å². The molecule has 0 fully saturated rings. The van der Waals surface area contributed by atoms with E-state index >= 15 is 0 Å². The van der Waals surface area contributed by atoms with Crippen molar-refractivity contribution < 1.29 is 9.90 Å². The van der Waals surface area contributed by atoms with Crippen LogP contribution in [0.25, 0.3) is 0 Å². The lowest BCUT2D eigenvalue weighted by molar-refractivity contribution is 0.0954. The largest absolute Gasteiger partial charge is 0.507 e. The van der Waals surface area contributed by atoms with Crippen LogP contribution in [0.5, 0.6) is 5.75 Å². The molecule has 1 aromatic rings. The zero-order valence-electron chi connectivity index (χ0n) is 8.38. The first-order chi connectivity index (χ1) is 7.00. The third kappa shape index (κ3) is 3.40. The number of aromatic hydroxyl groups is 1. The lowest BCUT2D eigenvalue weighted by atomic mass is 10.2. The Kier molecular flexibility index (Phi) is 3.91. The molecule has 0 aliphatic heterocycles. The molecule has 0 aliphatic rings. The van der Waals surface area contributed by atoms with Crippen molar-refractivity contribution in [1.82, 2.24) is 5.32 Å². The second-order valence-electron chi connectivity index (χ2n) is 3.30. The highest BCUT2D eigenvalue weighted by Crippen LogP contribution is 2.21. The summed E-state index contributed by atoms with van der Waals surface area (Å²) in [5.41, 5.74) is 1.12. The number of hydrogen-bond donors (Lipinski definition) is 2. The SMILES string of the molecule is C=C(C)CNC(=O)c1ccc(Br)cc1O. The summed E-state index contributed by atoms with van der Waals surface area (Å²) in [7, 11) is 0. The molecule has 1 amide bonds. The van der Waals surface area contributed by atoms with E-state index in [-0.39, 0.29) is 17.2 Å². The number of carbonyl (C=O) groups excluding carboxylic acids is 1. The lowest BCUT2D eigenvalue weighted by Gasteiger charge is -2.06. The summed E-state index contributed by atoms with van der Waals surface area (Å²) < 4.78 is 0.733. The first-order valence-corrected chi connectivity index (χ1v) is 5.21. The summed E-state index contributed by atoms with van der Waals surface area (Å²) >= 11 is 3.20. The highest BCUT2D eigenvalue weighted by molar-refractivity contribution is 9.10. The molecule has 0 aromatic heterocycles. The topological polar surface area (TPSA) is 49.3 Å². The van der Waals surface area contributed by atoms with Crippen LogP contribution >= 0.6 is 15.9 Å². The van der Waals surface area contributed by atoms with E-state index in [9.17, 15) is 9.90 Å². The molecule has 0 aliphatic carbocycles. The molecule has 4 heteroatoms. The number of carbonyl (C=O) groups is 1. The molecule has 80 valence electrons. The van der Waals surface area contributed by atoms with Crippen molar-refractivity contribution in [3.8, 4) is 5.75 Å². The fourth-order valence-electron chi connectivity index (χ4n) is 1.02. The Labute approximate surface area is 96.9 Å². The molecule has 3 nitrogen and oxygen atoms in total. The number of halogens is 1. The smallest absolute Gasteiger partial charge is 0.255 e. The quantitative estimate of drug-likeness (QED) is 0.829. The molecule has 1 rings (SSSR count). The molecule has 0 unspecified atom stereocenters. The molecule has 0 saturated heterocycles. The highest BCUT2D eigenvalue weighted by Gasteiger charge is 2.10. The fourth-order valence-corrected chi connectivity index (χ4v) is 1.37. The first-order valence-electron chi connectivity index (χ1n) is 4.42. The van der Waals surface area contributed by atoms with Crippen LogP contribution in [0.2, 0.25) is 0 Å². The van der Waals surface area contributed by atoms with Crippen molar-refractivity contribution in [3.05, 3.63) is 40.4 Å². The Hall–Kier alpha value is -1.29. The van der Waals surface area contributed by atoms with E-state index in [1.54, 1.807) is 12.1 Å². The van der Waals surface area contributed by atoms with Gasteiger partial charge in [0.05, 0.1) is 5.56 Å². The highest BCUT2D eigenvalue weighted by atomic mass is 79.9. The Morgan fingerprint density at radius 3 is 2.80 bits per heavy atom. The predicted molar refractivity (Wildman–Crippen MR) is 63.0 cm³/mol. The molecule has 0 heterocycles. The van der Waals surface area contributed by atoms with Gasteiger partial charge in [-0.3, -0.25) is 4.79 Å². The summed E-state index contributed by atoms with van der Waals surface area (Å²) in [4.78, 5) is 11.6. The maximum Gasteiger partial charge on any atom is 0.255 e. The van der Waals surface area contributed by atoms with Gasteiger partial charge < -0.3 is 10.4 Å². The molecule has 1 aromatic carbocycles. The van der Waals surface area contributed by atoms with Gasteiger partial charge in [-0.05, 0) is 25.1 Å². The van der Waals surface area contributed by atoms with Crippen LogP contribution in [0.15, 0.2) is 34.8 Å². The fraction of sp³-hybridized carbons (Fsp3) is 0.182. The molecule has 0 bridgehead atoms. The zero-order valence-corrected chi connectivity index (χ0v) is 9.97. The van der Waals surface area contributed by atoms with Gasteiger partial charge in [-0.1, -0.05) is 28.1 Å². The van der Waals surface area contributed by atoms with Crippen molar-refractivity contribution in [2.45, 2.75) is 6.92 Å². The number of amides is 1. The Balaban J connectivity index is 2.78. The standard InChI is InChI=1S/C11H12BrNO2/c1-7(2)6-13-11(15)9-4-3-8(12)5-10(9)14/h3-5,14H,1,6H2,2H3,(H,13,15). The number of rotatable bonds is 3. The Bertz CT molecular complexity index is 402. The van der Waals surface area contributed by atoms with Gasteiger partial charge in [0.15, 0.2) is 0 Å². The average Bonchev–Trinajstić information content (AvgIpc) is 2.14. The number of phenols is 1. The summed E-state index contributed by atoms with van der Waals surface area (Å²) in [6.45, 7) is 5.90. The van der Waals surface area contributed by atoms with Crippen molar-refractivity contribution >= 4 is 21.8 Å². The minimum atomic E-state index is -0.303. The van der Waals surface area contributed by atoms with E-state index in [2.05, 4.69) is 27.8 Å². The van der Waals surface area contributed by atoms with Gasteiger partial charge in [-0.15, -0.1) is 0 Å². The maximum atomic E-state index is 11.6. The minimum Gasteiger partial charge on any atom is -0.507 e. The second-order valence-corrected chi connectivity index (χ2v) is 4.22. The molecule has 15 heavy (non-hydrogen) atoms. The van der Waals surface area contributed by atoms with Crippen LogP contribution in [0.3, 0.4) is 0 Å². The van der Waals surface area contributed by atoms with Gasteiger partial charge in [0.1, 0.15) is 5.75 Å². The van der Waals surface area contributed by atoms with E-state index in [1.807, 2.05) is 6.92 Å². The van der Waals surface area contributed by atoms with Crippen LogP contribution in [-0.4, -0.2) is 17.6 Å². The third-order valence-corrected chi connectivity index (χ3v) is 2.25. The van der Waals surface area contributed by atoms with Crippen molar-refractivity contribution in [2.24, 2.45) is 0 Å². The van der Waals surface area contributed by atoms with E-state index in [1.165, 1.54) is 6.07 Å². The Morgan fingerprint density at radius 2 is 2.27 bits per heavy atom. The molecule has 0 saturated carbocycles. The van der Waals surface area contributed by atoms with E-state index in [0.29, 0.717) is 6.54 Å². The molecule has 0 spiro atoms. The van der Waals surface area contributed by atoms with Gasteiger partial charge in [0.2, 0.25) is 0 Å². The number of benzene rings is 1. The normalized spacial score (nSPS) is 9.73. The van der Waals surface area contributed by atoms with Crippen LogP contribution in [-0.2, 0) is 0 Å². The van der Waals surface area contributed by atoms with Gasteiger partial charge in [-0.2, -0.15) is 0 Å². The van der Waals surface area contributed by atoms with E-state index < -0.39 is 0 Å². The van der Waals surface area contributed by atoms with Crippen LogP contribution < -0.4 is 5.32 Å². The summed E-state index contributed by atoms with van der Waals surface area (Å²) in [5, 5.41) is 12.2. The monoisotopic (exact) mass is 269 g/mol. The number of hydrogen-bond acceptors (Lipinski definition) is 2. The van der Waals surface area contributed by atoms with E-state index in [4.69, 9.17) is 0 Å². The lowest BCUT2D eigenvalue weighted by Crippen LogP contribution is -2.24. The first kappa shape index (κ1) is 11.8. The van der Waals surface area contributed by atoms with Gasteiger partial charge in [-0.25, -0.2) is 0 Å². The second kappa shape index (κ2) is 4.98. The van der Waals surface area contributed by atoms with Gasteiger partial charge in [0.25, 0.3) is 5.91 Å². The molecule has 0 atom stereocenters. The van der Waals surface area contributed by atoms with Crippen LogP contribution in [0, 0.1) is 0 Å². The average molecular weight is 270 g/mol. The van der Waals surface area contributed by atoms with E-state index in [0.717, 1.165) is 10.0 Å². The summed E-state index contributed by atoms with van der Waals surface area (Å²) in [6.07, 6.45) is 0. The molecular formula is C11H12BrNO2. The van der Waals surface area contributed by atoms with Gasteiger partial charge in [0, 0.05) is 11.0 Å². The number of nitrogens with one attached hydrogen (secondary N) is 1. The predicted octanol–water partition coefficient (Wildman–Crippen LogP) is 2.46. The number of phenolic OH excluding ortho intramolecular Hbond substituents is 1. The van der Waals surface area contributed by atoms with Crippen molar-refractivity contribution in [1.29, 1.82) is 0 Å². The Morgan fingerprint density at radius 1 is 1.60 bits per heavy atom. The minimum absolute atomic E-state index is 0.0383. The van der Waals surface area contributed by atoms with Crippen LogP contribution in [0.4, 0.5) is 0 Å². The maximum absolute atomic E-state index is 11.6. The molecule has 0 radical (unpaired) electrons. The third-order valence-electron chi connectivity index (χ3n) is 1.76. The zero-order chi connectivity index (χ0) is 11.4. The summed E-state index contributed by atoms with van der Waals surface area (Å²) in [6, 6.07) is 4.75. The molecular weight excluding hydrogens is 258 g/mol. The molecule has 2 N–H and O–H groups in total. The van der Waals surface area contributed by atoms with Gasteiger partial charge >= 0.3 is 0 Å². The van der Waals surface area contributed by atoms with Crippen molar-refractivity contribution in [2.75, 3.05) is 6.54 Å². The van der Waals surface area contributed by atoms with Crippen molar-refractivity contribution in [3.63, 3.8) is 0 Å². The summed E-state index contributed by atoms with van der Waals surface area (Å²) in [5.74, 6) is -0.341.